The van der Waals surface area contributed by atoms with Crippen LogP contribution in [0.25, 0.3) is 16.5 Å². The van der Waals surface area contributed by atoms with E-state index in [-0.39, 0.29) is 24.1 Å². The number of hydrogen-bond donors (Lipinski definition) is 3. The second kappa shape index (κ2) is 11.5. The van der Waals surface area contributed by atoms with Crippen molar-refractivity contribution < 1.29 is 4.79 Å². The van der Waals surface area contributed by atoms with Gasteiger partial charge in [0.15, 0.2) is 0 Å². The molecular formula is C32H42N6O2. The van der Waals surface area contributed by atoms with Gasteiger partial charge in [0.25, 0.3) is 11.5 Å². The average Bonchev–Trinajstić information content (AvgIpc) is 3.26. The zero-order valence-electron chi connectivity index (χ0n) is 24.6. The summed E-state index contributed by atoms with van der Waals surface area (Å²) in [6, 6.07) is 6.40. The van der Waals surface area contributed by atoms with Gasteiger partial charge in [0.2, 0.25) is 0 Å². The van der Waals surface area contributed by atoms with E-state index in [0.29, 0.717) is 17.7 Å². The Labute approximate surface area is 236 Å². The van der Waals surface area contributed by atoms with Crippen molar-refractivity contribution in [2.75, 3.05) is 46.3 Å². The molecule has 2 aliphatic heterocycles. The molecule has 1 saturated heterocycles. The van der Waals surface area contributed by atoms with Crippen molar-refractivity contribution in [3.63, 3.8) is 0 Å². The number of piperazine rings is 1. The predicted octanol–water partition coefficient (Wildman–Crippen LogP) is 3.88. The first-order valence-electron chi connectivity index (χ1n) is 14.3. The molecule has 5 rings (SSSR count). The molecule has 1 fully saturated rings. The average molecular weight is 543 g/mol. The van der Waals surface area contributed by atoms with Crippen molar-refractivity contribution in [3.05, 3.63) is 86.1 Å². The van der Waals surface area contributed by atoms with Crippen LogP contribution in [0.1, 0.15) is 58.2 Å². The molecule has 0 radical (unpaired) electrons. The second-order valence-electron chi connectivity index (χ2n) is 11.7. The van der Waals surface area contributed by atoms with Crippen LogP contribution in [-0.4, -0.2) is 71.6 Å². The summed E-state index contributed by atoms with van der Waals surface area (Å²) in [5, 5.41) is 7.62. The van der Waals surface area contributed by atoms with Gasteiger partial charge < -0.3 is 25.1 Å². The number of fused-ring (bicyclic) bond motifs is 1. The standard InChI is InChI=1S/C32H42N6O2/c1-20(2)38-18-22(4)30-27(31(39)34-17-28-21(3)13-23(5)35-32(28)40)14-25(15-29(30)38)24-7-8-26(33-16-24)19-37-11-9-36(6)10-12-37/h7-8,13-15,18,20,33H,9-12,16-17,19H2,1-6H3,(H,34,39)(H,35,40). The minimum atomic E-state index is -0.175. The number of allylic oxidation sites excluding steroid dienone is 2. The molecule has 2 aliphatic rings. The lowest BCUT2D eigenvalue weighted by Crippen LogP contribution is -2.46. The second-order valence-corrected chi connectivity index (χ2v) is 11.7. The van der Waals surface area contributed by atoms with Gasteiger partial charge in [-0.2, -0.15) is 0 Å². The number of nitrogens with zero attached hydrogens (tertiary/aromatic N) is 3. The molecule has 2 aromatic heterocycles. The molecule has 3 N–H and O–H groups in total. The molecular weight excluding hydrogens is 500 g/mol. The topological polar surface area (TPSA) is 85.4 Å². The van der Waals surface area contributed by atoms with Crippen molar-refractivity contribution >= 4 is 22.4 Å². The van der Waals surface area contributed by atoms with Crippen LogP contribution < -0.4 is 16.2 Å². The van der Waals surface area contributed by atoms with E-state index < -0.39 is 0 Å². The summed E-state index contributed by atoms with van der Waals surface area (Å²) in [5.74, 6) is -0.175. The van der Waals surface area contributed by atoms with Gasteiger partial charge >= 0.3 is 0 Å². The van der Waals surface area contributed by atoms with Crippen LogP contribution in [0, 0.1) is 20.8 Å². The smallest absolute Gasteiger partial charge is 0.253 e. The molecule has 1 aromatic carbocycles. The van der Waals surface area contributed by atoms with Gasteiger partial charge in [-0.05, 0) is 88.2 Å². The summed E-state index contributed by atoms with van der Waals surface area (Å²) in [6.07, 6.45) is 6.50. The van der Waals surface area contributed by atoms with Crippen molar-refractivity contribution in [3.8, 4) is 0 Å². The van der Waals surface area contributed by atoms with Gasteiger partial charge in [0.05, 0.1) is 0 Å². The number of likely N-dealkylation sites (N-methyl/N-ethyl adjacent to an activating group) is 1. The highest BCUT2D eigenvalue weighted by Gasteiger charge is 2.21. The van der Waals surface area contributed by atoms with Crippen LogP contribution in [0.5, 0.6) is 0 Å². The summed E-state index contributed by atoms with van der Waals surface area (Å²) in [4.78, 5) is 34.0. The summed E-state index contributed by atoms with van der Waals surface area (Å²) < 4.78 is 2.24. The molecule has 0 bridgehead atoms. The van der Waals surface area contributed by atoms with Crippen molar-refractivity contribution in [2.24, 2.45) is 0 Å². The maximum absolute atomic E-state index is 13.7. The Kier molecular flexibility index (Phi) is 8.01. The predicted molar refractivity (Wildman–Crippen MR) is 163 cm³/mol. The molecule has 212 valence electrons. The van der Waals surface area contributed by atoms with Gasteiger partial charge in [-0.1, -0.05) is 6.08 Å². The fourth-order valence-electron chi connectivity index (χ4n) is 5.83. The zero-order chi connectivity index (χ0) is 28.6. The molecule has 0 spiro atoms. The Bertz CT molecular complexity index is 1550. The minimum Gasteiger partial charge on any atom is -0.383 e. The number of dihydropyridines is 1. The number of carbonyl (C=O) groups is 1. The first-order valence-corrected chi connectivity index (χ1v) is 14.3. The van der Waals surface area contributed by atoms with Crippen LogP contribution in [0.3, 0.4) is 0 Å². The monoisotopic (exact) mass is 542 g/mol. The number of benzene rings is 1. The van der Waals surface area contributed by atoms with E-state index in [0.717, 1.165) is 71.6 Å². The summed E-state index contributed by atoms with van der Waals surface area (Å²) >= 11 is 0. The molecule has 4 heterocycles. The number of amides is 1. The lowest BCUT2D eigenvalue weighted by molar-refractivity contribution is 0.0952. The maximum Gasteiger partial charge on any atom is 0.253 e. The quantitative estimate of drug-likeness (QED) is 0.422. The van der Waals surface area contributed by atoms with E-state index in [2.05, 4.69) is 82.2 Å². The van der Waals surface area contributed by atoms with Crippen LogP contribution in [0.2, 0.25) is 0 Å². The number of aromatic nitrogens is 2. The van der Waals surface area contributed by atoms with E-state index >= 15 is 0 Å². The molecule has 8 heteroatoms. The van der Waals surface area contributed by atoms with Crippen LogP contribution in [0.15, 0.2) is 47.0 Å². The Balaban J connectivity index is 1.46. The molecule has 1 amide bonds. The largest absolute Gasteiger partial charge is 0.383 e. The van der Waals surface area contributed by atoms with Crippen LogP contribution >= 0.6 is 0 Å². The van der Waals surface area contributed by atoms with Crippen molar-refractivity contribution in [1.29, 1.82) is 0 Å². The van der Waals surface area contributed by atoms with Crippen molar-refractivity contribution in [2.45, 2.75) is 47.2 Å². The number of rotatable bonds is 7. The number of H-pyrrole nitrogens is 1. The lowest BCUT2D eigenvalue weighted by Gasteiger charge is -2.33. The highest BCUT2D eigenvalue weighted by Crippen LogP contribution is 2.32. The fraction of sp³-hybridized carbons (Fsp3) is 0.438. The van der Waals surface area contributed by atoms with Crippen LogP contribution in [0.4, 0.5) is 0 Å². The van der Waals surface area contributed by atoms with Gasteiger partial charge in [0, 0.05) is 91.5 Å². The highest BCUT2D eigenvalue weighted by molar-refractivity contribution is 6.09. The fourth-order valence-corrected chi connectivity index (χ4v) is 5.83. The molecule has 3 aromatic rings. The van der Waals surface area contributed by atoms with E-state index in [1.54, 1.807) is 0 Å². The van der Waals surface area contributed by atoms with E-state index in [1.165, 1.54) is 5.70 Å². The van der Waals surface area contributed by atoms with Gasteiger partial charge in [-0.3, -0.25) is 14.5 Å². The maximum atomic E-state index is 13.7. The first kappa shape index (κ1) is 27.9. The van der Waals surface area contributed by atoms with Gasteiger partial charge in [-0.15, -0.1) is 0 Å². The number of carbonyl (C=O) groups excluding carboxylic acids is 1. The number of nitrogens with one attached hydrogen (secondary N) is 3. The van der Waals surface area contributed by atoms with Gasteiger partial charge in [0.1, 0.15) is 0 Å². The molecule has 0 saturated carbocycles. The normalized spacial score (nSPS) is 16.7. The Hall–Kier alpha value is -3.62. The third-order valence-electron chi connectivity index (χ3n) is 8.20. The first-order chi connectivity index (χ1) is 19.1. The molecule has 0 unspecified atom stereocenters. The summed E-state index contributed by atoms with van der Waals surface area (Å²) in [5.41, 5.74) is 8.28. The third-order valence-corrected chi connectivity index (χ3v) is 8.20. The van der Waals surface area contributed by atoms with E-state index in [9.17, 15) is 9.59 Å². The van der Waals surface area contributed by atoms with Crippen molar-refractivity contribution in [1.82, 2.24) is 30.0 Å². The SMILES string of the molecule is Cc1cc(C)c(CNC(=O)c2cc(C3=CC=C(CN4CCN(C)CC4)NC3)cc3c2c(C)cn3C(C)C)c(=O)[nH]1. The van der Waals surface area contributed by atoms with Crippen LogP contribution in [-0.2, 0) is 6.54 Å². The minimum absolute atomic E-state index is 0.156. The molecule has 40 heavy (non-hydrogen) atoms. The third kappa shape index (κ3) is 5.78. The summed E-state index contributed by atoms with van der Waals surface area (Å²) in [6.45, 7) is 16.3. The molecule has 0 atom stereocenters. The van der Waals surface area contributed by atoms with E-state index in [1.807, 2.05) is 26.0 Å². The Morgan fingerprint density at radius 1 is 1.02 bits per heavy atom. The molecule has 8 nitrogen and oxygen atoms in total. The van der Waals surface area contributed by atoms with E-state index in [4.69, 9.17) is 0 Å². The zero-order valence-corrected chi connectivity index (χ0v) is 24.6. The summed E-state index contributed by atoms with van der Waals surface area (Å²) in [7, 11) is 2.18. The number of pyridine rings is 1. The van der Waals surface area contributed by atoms with Gasteiger partial charge in [-0.25, -0.2) is 0 Å². The number of hydrogen-bond acceptors (Lipinski definition) is 5. The number of aryl methyl sites for hydroxylation is 3. The highest BCUT2D eigenvalue weighted by atomic mass is 16.1. The Morgan fingerprint density at radius 2 is 1.77 bits per heavy atom. The lowest BCUT2D eigenvalue weighted by atomic mass is 9.96. The Morgan fingerprint density at radius 3 is 2.42 bits per heavy atom. The molecule has 0 aliphatic carbocycles. The number of aromatic amines is 1.